The highest BCUT2D eigenvalue weighted by molar-refractivity contribution is 5.29. The quantitative estimate of drug-likeness (QED) is 0.777. The smallest absolute Gasteiger partial charge is 0.385 e. The van der Waals surface area contributed by atoms with Crippen molar-refractivity contribution >= 4 is 0 Å². The summed E-state index contributed by atoms with van der Waals surface area (Å²) in [5.74, 6) is 0.353. The van der Waals surface area contributed by atoms with E-state index in [9.17, 15) is 18.3 Å². The van der Waals surface area contributed by atoms with Gasteiger partial charge in [-0.2, -0.15) is 13.2 Å². The molecule has 1 aromatic rings. The molecule has 3 atom stereocenters. The van der Waals surface area contributed by atoms with Gasteiger partial charge in [0, 0.05) is 0 Å². The summed E-state index contributed by atoms with van der Waals surface area (Å²) in [6.07, 6.45) is -1.14. The zero-order chi connectivity index (χ0) is 16.8. The average molecular weight is 314 g/mol. The van der Waals surface area contributed by atoms with Crippen LogP contribution in [0.25, 0.3) is 0 Å². The Morgan fingerprint density at radius 1 is 1.09 bits per heavy atom. The Bertz CT molecular complexity index is 514. The van der Waals surface area contributed by atoms with Gasteiger partial charge < -0.3 is 5.11 Å². The summed E-state index contributed by atoms with van der Waals surface area (Å²) in [5.41, 5.74) is -1.28. The second kappa shape index (κ2) is 5.55. The maximum Gasteiger partial charge on any atom is 0.416 e. The van der Waals surface area contributed by atoms with Gasteiger partial charge in [0.1, 0.15) is 0 Å². The Kier molecular flexibility index (Phi) is 4.37. The standard InChI is InChI=1S/C18H25F3O/c1-12-6-5-11-16(2,3)15(12)17(4,22)13-7-9-14(10-8-13)18(19,20)21/h7-10,12,15,22H,5-6,11H2,1-4H3/t12-,15+,17-/m0/s1. The fourth-order valence-corrected chi connectivity index (χ4v) is 4.46. The molecule has 1 aliphatic rings. The first-order chi connectivity index (χ1) is 9.96. The highest BCUT2D eigenvalue weighted by Gasteiger charge is 2.48. The van der Waals surface area contributed by atoms with Crippen LogP contribution in [0, 0.1) is 17.3 Å². The van der Waals surface area contributed by atoms with Crippen molar-refractivity contribution in [3.05, 3.63) is 35.4 Å². The van der Waals surface area contributed by atoms with Gasteiger partial charge in [0.15, 0.2) is 0 Å². The van der Waals surface area contributed by atoms with E-state index < -0.39 is 17.3 Å². The van der Waals surface area contributed by atoms with Crippen molar-refractivity contribution in [2.24, 2.45) is 17.3 Å². The maximum atomic E-state index is 12.7. The summed E-state index contributed by atoms with van der Waals surface area (Å²) >= 11 is 0. The van der Waals surface area contributed by atoms with Gasteiger partial charge >= 0.3 is 6.18 Å². The van der Waals surface area contributed by atoms with Crippen LogP contribution in [0.3, 0.4) is 0 Å². The molecule has 1 N–H and O–H groups in total. The summed E-state index contributed by atoms with van der Waals surface area (Å²) in [7, 11) is 0. The minimum Gasteiger partial charge on any atom is -0.385 e. The molecule has 1 aliphatic carbocycles. The molecule has 0 spiro atoms. The third-order valence-corrected chi connectivity index (χ3v) is 5.29. The third-order valence-electron chi connectivity index (χ3n) is 5.29. The minimum atomic E-state index is -4.35. The van der Waals surface area contributed by atoms with Gasteiger partial charge in [0.05, 0.1) is 11.2 Å². The Morgan fingerprint density at radius 2 is 1.59 bits per heavy atom. The van der Waals surface area contributed by atoms with Crippen molar-refractivity contribution < 1.29 is 18.3 Å². The molecule has 1 nitrogen and oxygen atoms in total. The van der Waals surface area contributed by atoms with Crippen LogP contribution < -0.4 is 0 Å². The number of hydrogen-bond donors (Lipinski definition) is 1. The van der Waals surface area contributed by atoms with Gasteiger partial charge in [-0.05, 0) is 48.3 Å². The predicted molar refractivity (Wildman–Crippen MR) is 81.3 cm³/mol. The van der Waals surface area contributed by atoms with Gasteiger partial charge in [-0.15, -0.1) is 0 Å². The largest absolute Gasteiger partial charge is 0.416 e. The molecule has 0 bridgehead atoms. The number of halogens is 3. The van der Waals surface area contributed by atoms with Gasteiger partial charge in [0.25, 0.3) is 0 Å². The lowest BCUT2D eigenvalue weighted by atomic mass is 9.57. The second-order valence-corrected chi connectivity index (χ2v) is 7.56. The summed E-state index contributed by atoms with van der Waals surface area (Å²) in [6.45, 7) is 8.16. The molecule has 0 aromatic heterocycles. The van der Waals surface area contributed by atoms with E-state index in [-0.39, 0.29) is 11.3 Å². The van der Waals surface area contributed by atoms with Crippen LogP contribution in [0.4, 0.5) is 13.2 Å². The van der Waals surface area contributed by atoms with Gasteiger partial charge in [-0.1, -0.05) is 45.7 Å². The van der Waals surface area contributed by atoms with Crippen LogP contribution >= 0.6 is 0 Å². The number of rotatable bonds is 2. The molecule has 0 unspecified atom stereocenters. The molecular weight excluding hydrogens is 289 g/mol. The number of aliphatic hydroxyl groups is 1. The van der Waals surface area contributed by atoms with Crippen LogP contribution in [0.15, 0.2) is 24.3 Å². The van der Waals surface area contributed by atoms with E-state index in [4.69, 9.17) is 0 Å². The van der Waals surface area contributed by atoms with Crippen molar-refractivity contribution in [2.75, 3.05) is 0 Å². The zero-order valence-electron chi connectivity index (χ0n) is 13.7. The fraction of sp³-hybridized carbons (Fsp3) is 0.667. The predicted octanol–water partition coefficient (Wildman–Crippen LogP) is 5.38. The molecule has 2 rings (SSSR count). The van der Waals surface area contributed by atoms with Gasteiger partial charge in [0.2, 0.25) is 0 Å². The molecule has 0 saturated heterocycles. The van der Waals surface area contributed by atoms with Gasteiger partial charge in [-0.25, -0.2) is 0 Å². The van der Waals surface area contributed by atoms with Crippen molar-refractivity contribution in [3.63, 3.8) is 0 Å². The Morgan fingerprint density at radius 3 is 2.05 bits per heavy atom. The summed E-state index contributed by atoms with van der Waals surface area (Å²) in [6, 6.07) is 4.95. The van der Waals surface area contributed by atoms with E-state index in [2.05, 4.69) is 20.8 Å². The molecule has 4 heteroatoms. The van der Waals surface area contributed by atoms with Crippen molar-refractivity contribution in [2.45, 2.75) is 58.7 Å². The first kappa shape index (κ1) is 17.3. The van der Waals surface area contributed by atoms with E-state index in [0.29, 0.717) is 11.5 Å². The second-order valence-electron chi connectivity index (χ2n) is 7.56. The van der Waals surface area contributed by atoms with Gasteiger partial charge in [-0.3, -0.25) is 0 Å². The monoisotopic (exact) mass is 314 g/mol. The summed E-state index contributed by atoms with van der Waals surface area (Å²) < 4.78 is 38.1. The normalized spacial score (nSPS) is 28.2. The summed E-state index contributed by atoms with van der Waals surface area (Å²) in [5, 5.41) is 11.1. The SMILES string of the molecule is C[C@H]1CCCC(C)(C)[C@@H]1[C@@](C)(O)c1ccc(C(F)(F)F)cc1. The van der Waals surface area contributed by atoms with E-state index in [1.54, 1.807) is 6.92 Å². The van der Waals surface area contributed by atoms with E-state index >= 15 is 0 Å². The highest BCUT2D eigenvalue weighted by Crippen LogP contribution is 2.52. The van der Waals surface area contributed by atoms with E-state index in [0.717, 1.165) is 31.4 Å². The lowest BCUT2D eigenvalue weighted by molar-refractivity contribution is -0.137. The van der Waals surface area contributed by atoms with E-state index in [1.165, 1.54) is 12.1 Å². The number of benzene rings is 1. The van der Waals surface area contributed by atoms with Crippen LogP contribution in [0.1, 0.15) is 58.1 Å². The minimum absolute atomic E-state index is 0.0190. The topological polar surface area (TPSA) is 20.2 Å². The van der Waals surface area contributed by atoms with Crippen LogP contribution in [-0.2, 0) is 11.8 Å². The molecule has 0 amide bonds. The molecular formula is C18H25F3O. The zero-order valence-corrected chi connectivity index (χ0v) is 13.7. The first-order valence-corrected chi connectivity index (χ1v) is 7.86. The number of hydrogen-bond acceptors (Lipinski definition) is 1. The fourth-order valence-electron chi connectivity index (χ4n) is 4.46. The Labute approximate surface area is 130 Å². The molecule has 1 fully saturated rings. The van der Waals surface area contributed by atoms with Crippen LogP contribution in [0.5, 0.6) is 0 Å². The molecule has 1 aromatic carbocycles. The average Bonchev–Trinajstić information content (AvgIpc) is 2.36. The lowest BCUT2D eigenvalue weighted by Crippen LogP contribution is -2.47. The van der Waals surface area contributed by atoms with Crippen molar-refractivity contribution in [1.82, 2.24) is 0 Å². The molecule has 0 heterocycles. The summed E-state index contributed by atoms with van der Waals surface area (Å²) in [4.78, 5) is 0. The molecule has 0 aliphatic heterocycles. The molecule has 22 heavy (non-hydrogen) atoms. The molecule has 124 valence electrons. The van der Waals surface area contributed by atoms with Crippen molar-refractivity contribution in [3.8, 4) is 0 Å². The lowest BCUT2D eigenvalue weighted by Gasteiger charge is -2.50. The Hall–Kier alpha value is -1.03. The Balaban J connectivity index is 2.36. The highest BCUT2D eigenvalue weighted by atomic mass is 19.4. The number of alkyl halides is 3. The van der Waals surface area contributed by atoms with Crippen LogP contribution in [0.2, 0.25) is 0 Å². The van der Waals surface area contributed by atoms with E-state index in [1.807, 2.05) is 0 Å². The van der Waals surface area contributed by atoms with Crippen molar-refractivity contribution in [1.29, 1.82) is 0 Å². The third kappa shape index (κ3) is 3.17. The first-order valence-electron chi connectivity index (χ1n) is 7.86. The van der Waals surface area contributed by atoms with Crippen LogP contribution in [-0.4, -0.2) is 5.11 Å². The molecule has 0 radical (unpaired) electrons. The maximum absolute atomic E-state index is 12.7. The molecule has 1 saturated carbocycles.